The number of pyridine rings is 1. The minimum Gasteiger partial charge on any atom is -0.306 e. The molecule has 0 bridgehead atoms. The second kappa shape index (κ2) is 5.84. The van der Waals surface area contributed by atoms with E-state index in [0.29, 0.717) is 6.42 Å². The Morgan fingerprint density at radius 3 is 2.83 bits per heavy atom. The van der Waals surface area contributed by atoms with Crippen molar-refractivity contribution in [2.75, 3.05) is 5.75 Å². The Morgan fingerprint density at radius 2 is 2.11 bits per heavy atom. The molecular weight excluding hydrogens is 250 g/mol. The molecule has 1 aromatic heterocycles. The van der Waals surface area contributed by atoms with Gasteiger partial charge in [0.2, 0.25) is 0 Å². The van der Waals surface area contributed by atoms with Crippen LogP contribution in [-0.2, 0) is 22.3 Å². The lowest BCUT2D eigenvalue weighted by Crippen LogP contribution is -2.15. The van der Waals surface area contributed by atoms with Crippen LogP contribution >= 0.6 is 0 Å². The van der Waals surface area contributed by atoms with Gasteiger partial charge < -0.3 is 9.35 Å². The molecule has 2 rings (SSSR count). The van der Waals surface area contributed by atoms with Crippen molar-refractivity contribution in [3.63, 3.8) is 0 Å². The third-order valence-electron chi connectivity index (χ3n) is 2.75. The predicted molar refractivity (Wildman–Crippen MR) is 70.6 cm³/mol. The maximum absolute atomic E-state index is 10.9. The molecule has 1 N–H and O–H groups in total. The summed E-state index contributed by atoms with van der Waals surface area (Å²) in [6, 6.07) is 9.55. The summed E-state index contributed by atoms with van der Waals surface area (Å²) < 4.78 is 19.6. The van der Waals surface area contributed by atoms with E-state index in [-0.39, 0.29) is 5.75 Å². The van der Waals surface area contributed by atoms with Crippen LogP contribution in [0.3, 0.4) is 0 Å². The average molecular weight is 263 g/mol. The van der Waals surface area contributed by atoms with E-state index in [0.717, 1.165) is 22.8 Å². The summed E-state index contributed by atoms with van der Waals surface area (Å²) in [6.07, 6.45) is 2.87. The highest BCUT2D eigenvalue weighted by molar-refractivity contribution is 7.79. The van der Waals surface area contributed by atoms with Crippen LogP contribution in [0, 0.1) is 5.92 Å². The van der Waals surface area contributed by atoms with Crippen LogP contribution < -0.4 is 0 Å². The molecule has 94 valence electrons. The van der Waals surface area contributed by atoms with E-state index in [4.69, 9.17) is 4.55 Å². The van der Waals surface area contributed by atoms with Gasteiger partial charge in [-0.2, -0.15) is 0 Å². The van der Waals surface area contributed by atoms with Gasteiger partial charge in [-0.15, -0.1) is 0 Å². The van der Waals surface area contributed by atoms with E-state index < -0.39 is 17.0 Å². The summed E-state index contributed by atoms with van der Waals surface area (Å²) in [5.41, 5.74) is 1.77. The Kier molecular flexibility index (Phi) is 4.17. The van der Waals surface area contributed by atoms with Gasteiger partial charge in [-0.3, -0.25) is 4.98 Å². The summed E-state index contributed by atoms with van der Waals surface area (Å²) in [7, 11) is 0. The normalized spacial score (nSPS) is 14.3. The first kappa shape index (κ1) is 12.9. The molecule has 0 aliphatic rings. The molecule has 5 heteroatoms. The van der Waals surface area contributed by atoms with Crippen molar-refractivity contribution in [3.05, 3.63) is 42.1 Å². The summed E-state index contributed by atoms with van der Waals surface area (Å²) in [5, 5.41) is 1.00. The van der Waals surface area contributed by atoms with Gasteiger partial charge in [-0.1, -0.05) is 24.3 Å². The maximum Gasteiger partial charge on any atom is 0.153 e. The molecule has 4 nitrogen and oxygen atoms in total. The zero-order chi connectivity index (χ0) is 13.0. The largest absolute Gasteiger partial charge is 0.306 e. The number of hydrogen-bond donors (Lipinski definition) is 1. The predicted octanol–water partition coefficient (Wildman–Crippen LogP) is 1.81. The molecule has 2 atom stereocenters. The molecule has 0 fully saturated rings. The lowest BCUT2D eigenvalue weighted by molar-refractivity contribution is -0.110. The number of para-hydroxylation sites is 1. The van der Waals surface area contributed by atoms with E-state index >= 15 is 0 Å². The van der Waals surface area contributed by atoms with Gasteiger partial charge in [0.1, 0.15) is 6.29 Å². The van der Waals surface area contributed by atoms with Crippen LogP contribution in [0.4, 0.5) is 0 Å². The topological polar surface area (TPSA) is 67.3 Å². The van der Waals surface area contributed by atoms with E-state index in [9.17, 15) is 9.00 Å². The number of carbonyl (C=O) groups is 1. The van der Waals surface area contributed by atoms with Gasteiger partial charge in [-0.25, -0.2) is 4.21 Å². The molecule has 0 aliphatic heterocycles. The SMILES string of the molecule is O=CC(Cc1cccc2cccnc12)CS(=O)O. The summed E-state index contributed by atoms with van der Waals surface area (Å²) in [4.78, 5) is 15.2. The molecule has 0 amide bonds. The van der Waals surface area contributed by atoms with Crippen LogP contribution in [0.1, 0.15) is 5.56 Å². The molecule has 2 unspecified atom stereocenters. The van der Waals surface area contributed by atoms with E-state index in [1.165, 1.54) is 0 Å². The smallest absolute Gasteiger partial charge is 0.153 e. The Morgan fingerprint density at radius 1 is 1.33 bits per heavy atom. The average Bonchev–Trinajstić information content (AvgIpc) is 2.38. The van der Waals surface area contributed by atoms with Gasteiger partial charge in [0.05, 0.1) is 11.3 Å². The fourth-order valence-corrected chi connectivity index (χ4v) is 2.51. The highest BCUT2D eigenvalue weighted by Gasteiger charge is 2.13. The number of hydrogen-bond acceptors (Lipinski definition) is 3. The molecule has 0 spiro atoms. The van der Waals surface area contributed by atoms with Crippen LogP contribution in [0.2, 0.25) is 0 Å². The van der Waals surface area contributed by atoms with Crippen LogP contribution in [0.25, 0.3) is 10.9 Å². The molecule has 2 aromatic rings. The number of fused-ring (bicyclic) bond motifs is 1. The summed E-state index contributed by atoms with van der Waals surface area (Å²) in [5.74, 6) is -0.490. The zero-order valence-electron chi connectivity index (χ0n) is 9.65. The number of carbonyl (C=O) groups excluding carboxylic acids is 1. The van der Waals surface area contributed by atoms with Gasteiger partial charge in [0, 0.05) is 17.5 Å². The molecule has 1 aromatic carbocycles. The van der Waals surface area contributed by atoms with Crippen molar-refractivity contribution in [2.45, 2.75) is 6.42 Å². The number of aldehydes is 1. The van der Waals surface area contributed by atoms with Crippen LogP contribution in [0.15, 0.2) is 36.5 Å². The molecule has 0 saturated heterocycles. The Hall–Kier alpha value is -1.59. The number of nitrogens with zero attached hydrogens (tertiary/aromatic N) is 1. The first-order chi connectivity index (χ1) is 8.70. The zero-order valence-corrected chi connectivity index (χ0v) is 10.5. The molecule has 0 saturated carbocycles. The van der Waals surface area contributed by atoms with Gasteiger partial charge in [-0.05, 0) is 18.1 Å². The number of benzene rings is 1. The van der Waals surface area contributed by atoms with Crippen LogP contribution in [0.5, 0.6) is 0 Å². The van der Waals surface area contributed by atoms with Crippen molar-refractivity contribution in [1.82, 2.24) is 4.98 Å². The van der Waals surface area contributed by atoms with Crippen molar-refractivity contribution >= 4 is 28.3 Å². The molecule has 1 heterocycles. The Bertz CT molecular complexity index is 580. The van der Waals surface area contributed by atoms with Crippen molar-refractivity contribution < 1.29 is 13.6 Å². The van der Waals surface area contributed by atoms with E-state index in [2.05, 4.69) is 4.98 Å². The first-order valence-electron chi connectivity index (χ1n) is 5.56. The maximum atomic E-state index is 10.9. The highest BCUT2D eigenvalue weighted by atomic mass is 32.2. The van der Waals surface area contributed by atoms with Crippen LogP contribution in [-0.4, -0.2) is 25.8 Å². The monoisotopic (exact) mass is 263 g/mol. The van der Waals surface area contributed by atoms with Gasteiger partial charge in [0.25, 0.3) is 0 Å². The van der Waals surface area contributed by atoms with Crippen molar-refractivity contribution in [1.29, 1.82) is 0 Å². The standard InChI is InChI=1S/C13H13NO3S/c15-8-10(9-18(16)17)7-12-4-1-3-11-5-2-6-14-13(11)12/h1-6,8,10H,7,9H2,(H,16,17). The van der Waals surface area contributed by atoms with E-state index in [1.807, 2.05) is 30.3 Å². The lowest BCUT2D eigenvalue weighted by atomic mass is 10.00. The fourth-order valence-electron chi connectivity index (χ4n) is 1.94. The summed E-state index contributed by atoms with van der Waals surface area (Å²) >= 11 is -1.95. The van der Waals surface area contributed by atoms with Gasteiger partial charge in [0.15, 0.2) is 11.1 Å². The minimum absolute atomic E-state index is 0.0350. The number of aromatic nitrogens is 1. The third-order valence-corrected chi connectivity index (χ3v) is 3.46. The van der Waals surface area contributed by atoms with Gasteiger partial charge >= 0.3 is 0 Å². The quantitative estimate of drug-likeness (QED) is 0.660. The molecule has 18 heavy (non-hydrogen) atoms. The van der Waals surface area contributed by atoms with E-state index in [1.54, 1.807) is 6.20 Å². The fraction of sp³-hybridized carbons (Fsp3) is 0.231. The van der Waals surface area contributed by atoms with Crippen molar-refractivity contribution in [3.8, 4) is 0 Å². The van der Waals surface area contributed by atoms with Crippen molar-refractivity contribution in [2.24, 2.45) is 5.92 Å². The third kappa shape index (κ3) is 3.00. The Balaban J connectivity index is 2.30. The summed E-state index contributed by atoms with van der Waals surface area (Å²) in [6.45, 7) is 0. The second-order valence-corrected chi connectivity index (χ2v) is 5.06. The Labute approximate surface area is 107 Å². The first-order valence-corrected chi connectivity index (χ1v) is 6.83. The lowest BCUT2D eigenvalue weighted by Gasteiger charge is -2.09. The second-order valence-electron chi connectivity index (χ2n) is 4.08. The minimum atomic E-state index is -1.95. The molecule has 0 radical (unpaired) electrons. The highest BCUT2D eigenvalue weighted by Crippen LogP contribution is 2.18. The number of rotatable bonds is 5. The molecule has 0 aliphatic carbocycles. The molecular formula is C13H13NO3S.